The number of nitrogen functional groups attached to an aromatic ring is 1. The van der Waals surface area contributed by atoms with Crippen molar-refractivity contribution in [3.05, 3.63) is 101 Å². The number of benzene rings is 3. The molecule has 2 aromatic heterocycles. The summed E-state index contributed by atoms with van der Waals surface area (Å²) in [4.78, 5) is 81.0. The largest absolute Gasteiger partial charge is 0.457 e. The van der Waals surface area contributed by atoms with Gasteiger partial charge in [-0.2, -0.15) is 0 Å². The first kappa shape index (κ1) is 38.7. The molecule has 3 N–H and O–H groups in total. The number of para-hydroxylation sites is 1. The number of hydrogen-bond acceptors (Lipinski definition) is 12. The number of nitrogens with zero attached hydrogens (tertiary/aromatic N) is 8. The Morgan fingerprint density at radius 3 is 2.21 bits per heavy atom. The number of nitrogens with one attached hydrogen (secondary N) is 1. The lowest BCUT2D eigenvalue weighted by Crippen LogP contribution is -2.63. The average molecular weight is 833 g/mol. The van der Waals surface area contributed by atoms with E-state index in [4.69, 9.17) is 10.5 Å². The minimum atomic E-state index is -3.26. The van der Waals surface area contributed by atoms with Crippen LogP contribution < -0.4 is 26.4 Å². The van der Waals surface area contributed by atoms with Crippen molar-refractivity contribution in [2.24, 2.45) is 0 Å². The topological polar surface area (TPSA) is 181 Å². The molecule has 2 atom stereocenters. The van der Waals surface area contributed by atoms with Crippen molar-refractivity contribution in [3.8, 4) is 17.2 Å². The Balaban J connectivity index is 0.787. The Morgan fingerprint density at radius 1 is 0.770 bits per heavy atom. The van der Waals surface area contributed by atoms with Crippen molar-refractivity contribution in [1.82, 2.24) is 39.1 Å². The standard InChI is InChI=1S/C43H42F2N10O6/c44-43(45)23-51(20-17-33(43)55-38-36(37(46)47-24-48-38)53(42(55)60)26-9-11-29(12-10-26)61-28-5-2-1-3-6-28)25-15-18-50(19-16-25)27-21-52(22-27)31-8-4-7-30-35(31)41(59)54(40(30)58)32-13-14-34(56)49-39(32)57/h1-12,24-25,27,32-33H,13-23H2,(H2,46,47,48)(H,49,56,57)/t32?,33-/m1/s1. The van der Waals surface area contributed by atoms with E-state index in [0.717, 1.165) is 9.47 Å². The number of ether oxygens (including phenoxy) is 1. The number of amides is 4. The zero-order valence-electron chi connectivity index (χ0n) is 33.0. The Labute approximate surface area is 347 Å². The first-order chi connectivity index (χ1) is 29.5. The second-order valence-electron chi connectivity index (χ2n) is 16.3. The van der Waals surface area contributed by atoms with Crippen molar-refractivity contribution in [2.45, 2.75) is 62.2 Å². The van der Waals surface area contributed by atoms with Gasteiger partial charge in [0.2, 0.25) is 11.8 Å². The van der Waals surface area contributed by atoms with E-state index in [1.54, 1.807) is 42.5 Å². The van der Waals surface area contributed by atoms with Crippen molar-refractivity contribution >= 4 is 46.3 Å². The van der Waals surface area contributed by atoms with Crippen LogP contribution in [0.5, 0.6) is 11.5 Å². The lowest BCUT2D eigenvalue weighted by molar-refractivity contribution is -0.136. The maximum atomic E-state index is 16.4. The number of imide groups is 2. The summed E-state index contributed by atoms with van der Waals surface area (Å²) < 4.78 is 41.1. The number of nitrogens with two attached hydrogens (primary N) is 1. The zero-order chi connectivity index (χ0) is 42.2. The molecule has 7 heterocycles. The number of halogens is 2. The van der Waals surface area contributed by atoms with Gasteiger partial charge in [0.25, 0.3) is 17.7 Å². The van der Waals surface area contributed by atoms with Crippen LogP contribution in [-0.4, -0.2) is 121 Å². The fourth-order valence-electron chi connectivity index (χ4n) is 9.72. The van der Waals surface area contributed by atoms with E-state index in [1.807, 2.05) is 40.1 Å². The number of carbonyl (C=O) groups is 4. The molecular weight excluding hydrogens is 791 g/mol. The van der Waals surface area contributed by atoms with Gasteiger partial charge in [0.05, 0.1) is 29.0 Å². The monoisotopic (exact) mass is 832 g/mol. The third kappa shape index (κ3) is 6.60. The molecule has 4 saturated heterocycles. The third-order valence-corrected chi connectivity index (χ3v) is 12.8. The molecule has 16 nitrogen and oxygen atoms in total. The highest BCUT2D eigenvalue weighted by atomic mass is 19.3. The molecule has 4 fully saturated rings. The summed E-state index contributed by atoms with van der Waals surface area (Å²) in [5.41, 5.74) is 7.36. The van der Waals surface area contributed by atoms with Crippen LogP contribution in [0.2, 0.25) is 0 Å². The number of likely N-dealkylation sites (tertiary alicyclic amines) is 2. The summed E-state index contributed by atoms with van der Waals surface area (Å²) >= 11 is 0. The highest BCUT2D eigenvalue weighted by Gasteiger charge is 2.50. The normalized spacial score (nSPS) is 22.7. The van der Waals surface area contributed by atoms with Crippen molar-refractivity contribution in [1.29, 1.82) is 0 Å². The molecule has 314 valence electrons. The molecule has 4 amide bonds. The molecule has 10 rings (SSSR count). The number of fused-ring (bicyclic) bond motifs is 2. The van der Waals surface area contributed by atoms with E-state index in [0.29, 0.717) is 68.4 Å². The molecule has 1 unspecified atom stereocenters. The summed E-state index contributed by atoms with van der Waals surface area (Å²) in [5.74, 6) is -4.25. The van der Waals surface area contributed by atoms with Crippen LogP contribution in [-0.2, 0) is 9.59 Å². The van der Waals surface area contributed by atoms with E-state index in [1.165, 1.54) is 10.9 Å². The molecule has 0 aliphatic carbocycles. The van der Waals surface area contributed by atoms with Crippen molar-refractivity contribution in [2.75, 3.05) is 49.9 Å². The van der Waals surface area contributed by atoms with Gasteiger partial charge < -0.3 is 15.4 Å². The van der Waals surface area contributed by atoms with Crippen molar-refractivity contribution in [3.63, 3.8) is 0 Å². The summed E-state index contributed by atoms with van der Waals surface area (Å²) in [6.07, 6.45) is 2.73. The van der Waals surface area contributed by atoms with Gasteiger partial charge >= 0.3 is 5.69 Å². The lowest BCUT2D eigenvalue weighted by atomic mass is 9.93. The average Bonchev–Trinajstić information content (AvgIpc) is 3.67. The molecule has 18 heteroatoms. The van der Waals surface area contributed by atoms with Gasteiger partial charge in [-0.15, -0.1) is 0 Å². The maximum Gasteiger partial charge on any atom is 0.335 e. The van der Waals surface area contributed by atoms with Crippen LogP contribution in [0.15, 0.2) is 83.9 Å². The minimum absolute atomic E-state index is 0.000231. The van der Waals surface area contributed by atoms with E-state index in [2.05, 4.69) is 20.2 Å². The van der Waals surface area contributed by atoms with Crippen LogP contribution in [0.4, 0.5) is 20.3 Å². The molecule has 0 radical (unpaired) electrons. The number of aromatic nitrogens is 4. The SMILES string of the molecule is Nc1ncnc2c1n(-c1ccc(Oc3ccccc3)cc1)c(=O)n2[C@@H]1CCN(C2CCN(C3CN(c4cccc5c4C(=O)N(C4CCC(=O)NC4=O)C5=O)C3)CC2)CC1(F)F. The number of hydrogen-bond donors (Lipinski definition) is 2. The van der Waals surface area contributed by atoms with Gasteiger partial charge in [-0.3, -0.25) is 48.3 Å². The molecule has 0 bridgehead atoms. The summed E-state index contributed by atoms with van der Waals surface area (Å²) in [6, 6.07) is 18.7. The number of imidazole rings is 1. The van der Waals surface area contributed by atoms with Crippen LogP contribution in [0.25, 0.3) is 16.9 Å². The summed E-state index contributed by atoms with van der Waals surface area (Å²) in [7, 11) is 0. The van der Waals surface area contributed by atoms with Gasteiger partial charge in [0, 0.05) is 51.2 Å². The fourth-order valence-corrected chi connectivity index (χ4v) is 9.72. The Hall–Kier alpha value is -6.53. The first-order valence-corrected chi connectivity index (χ1v) is 20.5. The van der Waals surface area contributed by atoms with Crippen LogP contribution in [0.1, 0.15) is 58.9 Å². The quantitative estimate of drug-likeness (QED) is 0.217. The lowest BCUT2D eigenvalue weighted by Gasteiger charge is -2.50. The molecule has 61 heavy (non-hydrogen) atoms. The summed E-state index contributed by atoms with van der Waals surface area (Å²) in [6.45, 7) is 2.52. The number of rotatable bonds is 8. The first-order valence-electron chi connectivity index (χ1n) is 20.5. The smallest absolute Gasteiger partial charge is 0.335 e. The van der Waals surface area contributed by atoms with Gasteiger partial charge in [-0.05, 0) is 74.2 Å². The van der Waals surface area contributed by atoms with E-state index in [9.17, 15) is 24.0 Å². The van der Waals surface area contributed by atoms with Crippen molar-refractivity contribution < 1.29 is 32.7 Å². The third-order valence-electron chi connectivity index (χ3n) is 12.8. The van der Waals surface area contributed by atoms with E-state index in [-0.39, 0.29) is 59.5 Å². The highest BCUT2D eigenvalue weighted by Crippen LogP contribution is 2.41. The second-order valence-corrected chi connectivity index (χ2v) is 16.3. The van der Waals surface area contributed by atoms with Crippen LogP contribution in [0, 0.1) is 0 Å². The summed E-state index contributed by atoms with van der Waals surface area (Å²) in [5, 5.41) is 2.23. The zero-order valence-corrected chi connectivity index (χ0v) is 33.0. The molecule has 5 aliphatic heterocycles. The Bertz CT molecular complexity index is 2640. The van der Waals surface area contributed by atoms with Gasteiger partial charge in [-0.1, -0.05) is 24.3 Å². The predicted molar refractivity (Wildman–Crippen MR) is 218 cm³/mol. The maximum absolute atomic E-state index is 16.4. The Kier molecular flexibility index (Phi) is 9.43. The van der Waals surface area contributed by atoms with Gasteiger partial charge in [0.1, 0.15) is 35.4 Å². The predicted octanol–water partition coefficient (Wildman–Crippen LogP) is 3.59. The molecule has 0 spiro atoms. The van der Waals surface area contributed by atoms with Gasteiger partial charge in [0.15, 0.2) is 11.5 Å². The minimum Gasteiger partial charge on any atom is -0.457 e. The van der Waals surface area contributed by atoms with Crippen LogP contribution >= 0.6 is 0 Å². The number of anilines is 2. The van der Waals surface area contributed by atoms with Gasteiger partial charge in [-0.25, -0.2) is 23.5 Å². The number of carbonyl (C=O) groups excluding carboxylic acids is 4. The van der Waals surface area contributed by atoms with E-state index < -0.39 is 53.9 Å². The number of piperidine rings is 3. The van der Waals surface area contributed by atoms with Crippen LogP contribution in [0.3, 0.4) is 0 Å². The molecule has 5 aromatic rings. The highest BCUT2D eigenvalue weighted by molar-refractivity contribution is 6.25. The fraction of sp³-hybridized carbons (Fsp3) is 0.372. The van der Waals surface area contributed by atoms with E-state index >= 15 is 8.78 Å². The molecule has 5 aliphatic rings. The Morgan fingerprint density at radius 2 is 1.49 bits per heavy atom. The molecular formula is C43H42F2N10O6. The number of alkyl halides is 2. The molecule has 3 aromatic carbocycles. The molecule has 0 saturated carbocycles. The second kappa shape index (κ2) is 14.9.